The van der Waals surface area contributed by atoms with Crippen LogP contribution < -0.4 is 11.1 Å². The highest BCUT2D eigenvalue weighted by molar-refractivity contribution is 7.93. The van der Waals surface area contributed by atoms with E-state index in [0.29, 0.717) is 5.69 Å². The first-order valence-corrected chi connectivity index (χ1v) is 7.85. The first-order valence-electron chi connectivity index (χ1n) is 6.13. The molecule has 6 nitrogen and oxygen atoms in total. The first kappa shape index (κ1) is 16.2. The Hall–Kier alpha value is -1.89. The third kappa shape index (κ3) is 4.34. The minimum atomic E-state index is -3.89. The number of sulfone groups is 1. The Labute approximate surface area is 118 Å². The Bertz CT molecular complexity index is 593. The van der Waals surface area contributed by atoms with Gasteiger partial charge in [-0.25, -0.2) is 8.42 Å². The number of primary amides is 1. The molecule has 0 aliphatic rings. The largest absolute Gasteiger partial charge is 0.369 e. The summed E-state index contributed by atoms with van der Waals surface area (Å²) in [6, 6.07) is 6.93. The van der Waals surface area contributed by atoms with Gasteiger partial charge in [0.25, 0.3) is 0 Å². The normalized spacial score (nSPS) is 12.7. The zero-order chi connectivity index (χ0) is 15.3. The Balaban J connectivity index is 2.75. The van der Waals surface area contributed by atoms with E-state index in [1.807, 2.05) is 6.92 Å². The van der Waals surface area contributed by atoms with Gasteiger partial charge in [0.2, 0.25) is 11.8 Å². The van der Waals surface area contributed by atoms with E-state index >= 15 is 0 Å². The quantitative estimate of drug-likeness (QED) is 0.802. The number of aryl methyl sites for hydroxylation is 1. The molecule has 0 heterocycles. The zero-order valence-corrected chi connectivity index (χ0v) is 12.2. The van der Waals surface area contributed by atoms with E-state index in [-0.39, 0.29) is 6.42 Å². The molecule has 0 aliphatic heterocycles. The summed E-state index contributed by atoms with van der Waals surface area (Å²) in [6.45, 7) is 3.43. The molecule has 0 aromatic heterocycles. The summed E-state index contributed by atoms with van der Waals surface area (Å²) < 4.78 is 23.8. The molecule has 0 bridgehead atoms. The van der Waals surface area contributed by atoms with Gasteiger partial charge in [0.1, 0.15) is 11.0 Å². The van der Waals surface area contributed by atoms with Crippen LogP contribution in [0.15, 0.2) is 24.3 Å². The summed E-state index contributed by atoms with van der Waals surface area (Å²) in [4.78, 5) is 22.8. The van der Waals surface area contributed by atoms with Crippen LogP contribution in [0, 0.1) is 6.92 Å². The molecule has 1 atom stereocenters. The number of hydrogen-bond acceptors (Lipinski definition) is 4. The van der Waals surface area contributed by atoms with Crippen molar-refractivity contribution in [3.8, 4) is 0 Å². The van der Waals surface area contributed by atoms with Crippen LogP contribution in [-0.2, 0) is 19.4 Å². The predicted molar refractivity (Wildman–Crippen MR) is 76.9 cm³/mol. The van der Waals surface area contributed by atoms with Crippen LogP contribution in [0.5, 0.6) is 0 Å². The lowest BCUT2D eigenvalue weighted by molar-refractivity contribution is -0.117. The fourth-order valence-electron chi connectivity index (χ4n) is 1.75. The van der Waals surface area contributed by atoms with Crippen molar-refractivity contribution in [2.24, 2.45) is 5.73 Å². The lowest BCUT2D eigenvalue weighted by Crippen LogP contribution is -2.39. The van der Waals surface area contributed by atoms with Crippen LogP contribution in [0.3, 0.4) is 0 Å². The van der Waals surface area contributed by atoms with Gasteiger partial charge in [0.05, 0.1) is 0 Å². The molecule has 2 amide bonds. The van der Waals surface area contributed by atoms with Crippen molar-refractivity contribution in [1.29, 1.82) is 0 Å². The van der Waals surface area contributed by atoms with Crippen molar-refractivity contribution in [3.05, 3.63) is 29.8 Å². The molecular formula is C13H18N2O4S. The third-order valence-corrected chi connectivity index (χ3v) is 4.89. The van der Waals surface area contributed by atoms with Crippen LogP contribution >= 0.6 is 0 Å². The van der Waals surface area contributed by atoms with Gasteiger partial charge < -0.3 is 11.1 Å². The number of carbonyl (C=O) groups is 2. The highest BCUT2D eigenvalue weighted by Gasteiger charge is 2.31. The van der Waals surface area contributed by atoms with Crippen LogP contribution in [0.2, 0.25) is 0 Å². The number of benzene rings is 1. The average molecular weight is 298 g/mol. The van der Waals surface area contributed by atoms with Gasteiger partial charge >= 0.3 is 0 Å². The lowest BCUT2D eigenvalue weighted by atomic mass is 10.2. The molecule has 1 aromatic rings. The minimum Gasteiger partial charge on any atom is -0.369 e. The van der Waals surface area contributed by atoms with Crippen LogP contribution in [0.1, 0.15) is 18.9 Å². The molecule has 0 saturated carbocycles. The van der Waals surface area contributed by atoms with E-state index in [4.69, 9.17) is 5.73 Å². The van der Waals surface area contributed by atoms with Crippen molar-refractivity contribution >= 4 is 27.3 Å². The first-order chi connectivity index (χ1) is 9.26. The number of anilines is 1. The van der Waals surface area contributed by atoms with Gasteiger partial charge in [0, 0.05) is 5.69 Å². The van der Waals surface area contributed by atoms with Gasteiger partial charge in [-0.15, -0.1) is 0 Å². The van der Waals surface area contributed by atoms with E-state index in [1.54, 1.807) is 24.3 Å². The van der Waals surface area contributed by atoms with Crippen molar-refractivity contribution < 1.29 is 18.0 Å². The Kier molecular flexibility index (Phi) is 5.26. The summed E-state index contributed by atoms with van der Waals surface area (Å²) in [7, 11) is -3.89. The maximum absolute atomic E-state index is 11.9. The number of rotatable bonds is 6. The highest BCUT2D eigenvalue weighted by Crippen LogP contribution is 2.11. The van der Waals surface area contributed by atoms with E-state index in [9.17, 15) is 18.0 Å². The van der Waals surface area contributed by atoms with Crippen molar-refractivity contribution in [3.63, 3.8) is 0 Å². The zero-order valence-electron chi connectivity index (χ0n) is 11.4. The summed E-state index contributed by atoms with van der Waals surface area (Å²) in [5.74, 6) is -2.38. The molecular weight excluding hydrogens is 280 g/mol. The van der Waals surface area contributed by atoms with Crippen molar-refractivity contribution in [1.82, 2.24) is 0 Å². The molecule has 0 spiro atoms. The molecule has 0 radical (unpaired) electrons. The molecule has 3 N–H and O–H groups in total. The Morgan fingerprint density at radius 1 is 1.25 bits per heavy atom. The second kappa shape index (κ2) is 6.51. The van der Waals surface area contributed by atoms with Gasteiger partial charge in [-0.1, -0.05) is 24.6 Å². The van der Waals surface area contributed by atoms with E-state index < -0.39 is 32.7 Å². The Morgan fingerprint density at radius 2 is 1.80 bits per heavy atom. The van der Waals surface area contributed by atoms with Gasteiger partial charge in [0.15, 0.2) is 9.84 Å². The SMILES string of the molecule is CCC(C(N)=O)S(=O)(=O)CC(=O)Nc1ccc(C)cc1. The molecule has 20 heavy (non-hydrogen) atoms. The molecule has 0 fully saturated rings. The predicted octanol–water partition coefficient (Wildman–Crippen LogP) is 0.612. The molecule has 1 aromatic carbocycles. The van der Waals surface area contributed by atoms with Gasteiger partial charge in [-0.2, -0.15) is 0 Å². The summed E-state index contributed by atoms with van der Waals surface area (Å²) in [5.41, 5.74) is 6.55. The average Bonchev–Trinajstić information content (AvgIpc) is 2.31. The second-order valence-electron chi connectivity index (χ2n) is 4.52. The Morgan fingerprint density at radius 3 is 2.25 bits per heavy atom. The molecule has 1 unspecified atom stereocenters. The van der Waals surface area contributed by atoms with E-state index in [0.717, 1.165) is 5.56 Å². The summed E-state index contributed by atoms with van der Waals surface area (Å²) in [6.07, 6.45) is 0.0511. The van der Waals surface area contributed by atoms with Gasteiger partial charge in [-0.3, -0.25) is 9.59 Å². The number of nitrogens with one attached hydrogen (secondary N) is 1. The second-order valence-corrected chi connectivity index (χ2v) is 6.70. The van der Waals surface area contributed by atoms with E-state index in [2.05, 4.69) is 5.32 Å². The van der Waals surface area contributed by atoms with Gasteiger partial charge in [-0.05, 0) is 25.5 Å². The monoisotopic (exact) mass is 298 g/mol. The molecule has 0 aliphatic carbocycles. The van der Waals surface area contributed by atoms with Crippen LogP contribution in [-0.4, -0.2) is 31.2 Å². The minimum absolute atomic E-state index is 0.0511. The summed E-state index contributed by atoms with van der Waals surface area (Å²) in [5, 5.41) is 1.15. The molecule has 0 saturated heterocycles. The molecule has 110 valence electrons. The number of hydrogen-bond donors (Lipinski definition) is 2. The number of carbonyl (C=O) groups excluding carboxylic acids is 2. The molecule has 7 heteroatoms. The standard InChI is InChI=1S/C13H18N2O4S/c1-3-11(13(14)17)20(18,19)8-12(16)15-10-6-4-9(2)5-7-10/h4-7,11H,3,8H2,1-2H3,(H2,14,17)(H,15,16). The number of amides is 2. The van der Waals surface area contributed by atoms with Crippen molar-refractivity contribution in [2.75, 3.05) is 11.1 Å². The topological polar surface area (TPSA) is 106 Å². The maximum atomic E-state index is 11.9. The number of nitrogens with two attached hydrogens (primary N) is 1. The van der Waals surface area contributed by atoms with E-state index in [1.165, 1.54) is 6.92 Å². The maximum Gasteiger partial charge on any atom is 0.239 e. The summed E-state index contributed by atoms with van der Waals surface area (Å²) >= 11 is 0. The van der Waals surface area contributed by atoms with Crippen molar-refractivity contribution in [2.45, 2.75) is 25.5 Å². The lowest BCUT2D eigenvalue weighted by Gasteiger charge is -2.12. The fraction of sp³-hybridized carbons (Fsp3) is 0.385. The fourth-order valence-corrected chi connectivity index (χ4v) is 3.25. The highest BCUT2D eigenvalue weighted by atomic mass is 32.2. The smallest absolute Gasteiger partial charge is 0.239 e. The molecule has 1 rings (SSSR count). The third-order valence-electron chi connectivity index (χ3n) is 2.79. The van der Waals surface area contributed by atoms with Crippen LogP contribution in [0.25, 0.3) is 0 Å². The van der Waals surface area contributed by atoms with Crippen LogP contribution in [0.4, 0.5) is 5.69 Å².